The Hall–Kier alpha value is -0.570. The molecule has 0 aromatic carbocycles. The predicted octanol–water partition coefficient (Wildman–Crippen LogP) is 2.11. The molecule has 0 aromatic heterocycles. The fourth-order valence-corrected chi connectivity index (χ4v) is 1.17. The van der Waals surface area contributed by atoms with E-state index in [-0.39, 0.29) is 5.97 Å². The minimum absolute atomic E-state index is 0.137. The van der Waals surface area contributed by atoms with E-state index >= 15 is 0 Å². The normalized spacial score (nSPS) is 10.1. The third kappa shape index (κ3) is 9.52. The van der Waals surface area contributed by atoms with Gasteiger partial charge in [-0.1, -0.05) is 39.5 Å². The molecule has 0 unspecified atom stereocenters. The van der Waals surface area contributed by atoms with Crippen LogP contribution in [0.2, 0.25) is 0 Å². The minimum Gasteiger partial charge on any atom is -0.465 e. The lowest BCUT2D eigenvalue weighted by molar-refractivity contribution is -0.142. The first-order valence-corrected chi connectivity index (χ1v) is 5.67. The zero-order valence-electron chi connectivity index (χ0n) is 9.47. The van der Waals surface area contributed by atoms with Crippen molar-refractivity contribution in [3.05, 3.63) is 0 Å². The van der Waals surface area contributed by atoms with Crippen LogP contribution in [0, 0.1) is 0 Å². The first kappa shape index (κ1) is 13.4. The SMILES string of the molecule is CCCCCCCOC(=O)CNCC. The summed E-state index contributed by atoms with van der Waals surface area (Å²) in [5.41, 5.74) is 0. The molecule has 0 saturated carbocycles. The Balaban J connectivity index is 3.07. The molecular weight excluding hydrogens is 178 g/mol. The molecule has 0 bridgehead atoms. The van der Waals surface area contributed by atoms with Crippen molar-refractivity contribution < 1.29 is 9.53 Å². The second kappa shape index (κ2) is 10.5. The number of carbonyl (C=O) groups is 1. The molecule has 84 valence electrons. The van der Waals surface area contributed by atoms with E-state index in [1.807, 2.05) is 6.92 Å². The number of ether oxygens (including phenoxy) is 1. The number of carbonyl (C=O) groups excluding carboxylic acids is 1. The van der Waals surface area contributed by atoms with Gasteiger partial charge in [0.25, 0.3) is 0 Å². The molecule has 0 aliphatic rings. The molecule has 0 aliphatic carbocycles. The summed E-state index contributed by atoms with van der Waals surface area (Å²) in [6.45, 7) is 5.89. The maximum atomic E-state index is 11.0. The van der Waals surface area contributed by atoms with Gasteiger partial charge in [0, 0.05) is 0 Å². The van der Waals surface area contributed by atoms with Crippen molar-refractivity contribution in [2.75, 3.05) is 19.7 Å². The van der Waals surface area contributed by atoms with Crippen LogP contribution in [-0.2, 0) is 9.53 Å². The van der Waals surface area contributed by atoms with Gasteiger partial charge in [0.15, 0.2) is 0 Å². The van der Waals surface area contributed by atoms with E-state index in [0.717, 1.165) is 13.0 Å². The molecule has 3 heteroatoms. The first-order valence-electron chi connectivity index (χ1n) is 5.67. The van der Waals surface area contributed by atoms with E-state index in [4.69, 9.17) is 4.74 Å². The number of rotatable bonds is 9. The zero-order chi connectivity index (χ0) is 10.6. The molecule has 0 amide bonds. The molecule has 1 N–H and O–H groups in total. The summed E-state index contributed by atoms with van der Waals surface area (Å²) in [7, 11) is 0. The average molecular weight is 201 g/mol. The Morgan fingerprint density at radius 2 is 1.86 bits per heavy atom. The molecule has 14 heavy (non-hydrogen) atoms. The van der Waals surface area contributed by atoms with Crippen LogP contribution in [-0.4, -0.2) is 25.7 Å². The fourth-order valence-electron chi connectivity index (χ4n) is 1.17. The van der Waals surface area contributed by atoms with Crippen molar-refractivity contribution in [2.45, 2.75) is 46.0 Å². The van der Waals surface area contributed by atoms with Crippen molar-refractivity contribution in [2.24, 2.45) is 0 Å². The summed E-state index contributed by atoms with van der Waals surface area (Å²) >= 11 is 0. The van der Waals surface area contributed by atoms with Crippen LogP contribution in [0.25, 0.3) is 0 Å². The molecule has 0 saturated heterocycles. The standard InChI is InChI=1S/C11H23NO2/c1-3-5-6-7-8-9-14-11(13)10-12-4-2/h12H,3-10H2,1-2H3. The van der Waals surface area contributed by atoms with Crippen LogP contribution in [0.5, 0.6) is 0 Å². The monoisotopic (exact) mass is 201 g/mol. The highest BCUT2D eigenvalue weighted by Crippen LogP contribution is 2.02. The van der Waals surface area contributed by atoms with Gasteiger partial charge in [-0.2, -0.15) is 0 Å². The van der Waals surface area contributed by atoms with Gasteiger partial charge in [0.1, 0.15) is 0 Å². The van der Waals surface area contributed by atoms with E-state index in [1.165, 1.54) is 25.7 Å². The molecule has 0 aromatic rings. The lowest BCUT2D eigenvalue weighted by Crippen LogP contribution is -2.24. The Morgan fingerprint density at radius 1 is 1.14 bits per heavy atom. The number of esters is 1. The summed E-state index contributed by atoms with van der Waals surface area (Å²) in [5, 5.41) is 2.93. The van der Waals surface area contributed by atoms with Crippen LogP contribution in [0.4, 0.5) is 0 Å². The van der Waals surface area contributed by atoms with Gasteiger partial charge in [-0.05, 0) is 13.0 Å². The largest absolute Gasteiger partial charge is 0.465 e. The van der Waals surface area contributed by atoms with Gasteiger partial charge < -0.3 is 10.1 Å². The third-order valence-electron chi connectivity index (χ3n) is 2.03. The van der Waals surface area contributed by atoms with Crippen LogP contribution >= 0.6 is 0 Å². The van der Waals surface area contributed by atoms with E-state index < -0.39 is 0 Å². The summed E-state index contributed by atoms with van der Waals surface area (Å²) in [4.78, 5) is 11.0. The van der Waals surface area contributed by atoms with Gasteiger partial charge in [0.2, 0.25) is 0 Å². The maximum Gasteiger partial charge on any atom is 0.319 e. The van der Waals surface area contributed by atoms with Gasteiger partial charge >= 0.3 is 5.97 Å². The summed E-state index contributed by atoms with van der Waals surface area (Å²) in [6, 6.07) is 0. The number of likely N-dealkylation sites (N-methyl/N-ethyl adjacent to an activating group) is 1. The van der Waals surface area contributed by atoms with E-state index in [2.05, 4.69) is 12.2 Å². The molecule has 0 spiro atoms. The van der Waals surface area contributed by atoms with Crippen molar-refractivity contribution in [3.63, 3.8) is 0 Å². The van der Waals surface area contributed by atoms with Gasteiger partial charge in [-0.25, -0.2) is 0 Å². The van der Waals surface area contributed by atoms with Crippen molar-refractivity contribution in [1.82, 2.24) is 5.32 Å². The molecule has 0 fully saturated rings. The van der Waals surface area contributed by atoms with Gasteiger partial charge in [-0.3, -0.25) is 4.79 Å². The predicted molar refractivity (Wildman–Crippen MR) is 58.3 cm³/mol. The average Bonchev–Trinajstić information content (AvgIpc) is 2.20. The fraction of sp³-hybridized carbons (Fsp3) is 0.909. The summed E-state index contributed by atoms with van der Waals surface area (Å²) in [5.74, 6) is -0.137. The molecule has 0 radical (unpaired) electrons. The molecule has 0 aliphatic heterocycles. The van der Waals surface area contributed by atoms with Crippen LogP contribution in [0.3, 0.4) is 0 Å². The molecule has 0 rings (SSSR count). The van der Waals surface area contributed by atoms with E-state index in [0.29, 0.717) is 13.2 Å². The highest BCUT2D eigenvalue weighted by Gasteiger charge is 1.99. The van der Waals surface area contributed by atoms with Crippen molar-refractivity contribution >= 4 is 5.97 Å². The number of unbranched alkanes of at least 4 members (excludes halogenated alkanes) is 4. The maximum absolute atomic E-state index is 11.0. The number of hydrogen-bond acceptors (Lipinski definition) is 3. The van der Waals surface area contributed by atoms with Crippen LogP contribution < -0.4 is 5.32 Å². The molecular formula is C11H23NO2. The van der Waals surface area contributed by atoms with Gasteiger partial charge in [0.05, 0.1) is 13.2 Å². The summed E-state index contributed by atoms with van der Waals surface area (Å²) in [6.07, 6.45) is 5.95. The Bertz CT molecular complexity index is 137. The topological polar surface area (TPSA) is 38.3 Å². The minimum atomic E-state index is -0.137. The van der Waals surface area contributed by atoms with Crippen molar-refractivity contribution in [1.29, 1.82) is 0 Å². The van der Waals surface area contributed by atoms with Crippen molar-refractivity contribution in [3.8, 4) is 0 Å². The van der Waals surface area contributed by atoms with Crippen LogP contribution in [0.1, 0.15) is 46.0 Å². The first-order chi connectivity index (χ1) is 6.81. The second-order valence-electron chi connectivity index (χ2n) is 3.42. The van der Waals surface area contributed by atoms with E-state index in [9.17, 15) is 4.79 Å². The Morgan fingerprint density at radius 3 is 2.50 bits per heavy atom. The number of hydrogen-bond donors (Lipinski definition) is 1. The third-order valence-corrected chi connectivity index (χ3v) is 2.03. The van der Waals surface area contributed by atoms with E-state index in [1.54, 1.807) is 0 Å². The second-order valence-corrected chi connectivity index (χ2v) is 3.42. The lowest BCUT2D eigenvalue weighted by atomic mass is 10.2. The molecule has 0 heterocycles. The molecule has 0 atom stereocenters. The number of nitrogens with one attached hydrogen (secondary N) is 1. The smallest absolute Gasteiger partial charge is 0.319 e. The Kier molecular flexibility index (Phi) is 10.1. The molecule has 3 nitrogen and oxygen atoms in total. The quantitative estimate of drug-likeness (QED) is 0.458. The van der Waals surface area contributed by atoms with Gasteiger partial charge in [-0.15, -0.1) is 0 Å². The lowest BCUT2D eigenvalue weighted by Gasteiger charge is -2.04. The highest BCUT2D eigenvalue weighted by atomic mass is 16.5. The highest BCUT2D eigenvalue weighted by molar-refractivity contribution is 5.71. The zero-order valence-corrected chi connectivity index (χ0v) is 9.47. The summed E-state index contributed by atoms with van der Waals surface area (Å²) < 4.78 is 5.02. The Labute approximate surface area is 87.2 Å². The van der Waals surface area contributed by atoms with Crippen LogP contribution in [0.15, 0.2) is 0 Å².